The van der Waals surface area contributed by atoms with Gasteiger partial charge in [0.15, 0.2) is 16.8 Å². The van der Waals surface area contributed by atoms with Crippen LogP contribution in [0.4, 0.5) is 4.39 Å². The Morgan fingerprint density at radius 1 is 0.424 bits per heavy atom. The van der Waals surface area contributed by atoms with Crippen LogP contribution in [0.3, 0.4) is 0 Å². The van der Waals surface area contributed by atoms with E-state index in [1.54, 1.807) is 85.8 Å². The zero-order valence-corrected chi connectivity index (χ0v) is 51.8. The second-order valence-corrected chi connectivity index (χ2v) is 22.5. The molecule has 0 fully saturated rings. The molecule has 0 saturated heterocycles. The fourth-order valence-electron chi connectivity index (χ4n) is 6.85. The van der Waals surface area contributed by atoms with Gasteiger partial charge in [-0.3, -0.25) is 0 Å². The highest BCUT2D eigenvalue weighted by molar-refractivity contribution is 6.42. The Morgan fingerprint density at radius 3 is 1.00 bits per heavy atom. The topological polar surface area (TPSA) is 195 Å². The molecule has 85 heavy (non-hydrogen) atoms. The van der Waals surface area contributed by atoms with Crippen molar-refractivity contribution in [3.63, 3.8) is 0 Å². The summed E-state index contributed by atoms with van der Waals surface area (Å²) in [6.45, 7) is 34.0. The van der Waals surface area contributed by atoms with Crippen LogP contribution in [0, 0.1) is 33.5 Å². The van der Waals surface area contributed by atoms with Gasteiger partial charge in [0.1, 0.15) is 97.2 Å². The number of halogens is 3. The first-order valence-electron chi connectivity index (χ1n) is 26.9. The van der Waals surface area contributed by atoms with Crippen molar-refractivity contribution in [2.45, 2.75) is 106 Å². The molecule has 456 valence electrons. The number of aryl methyl sites for hydroxylation is 4. The van der Waals surface area contributed by atoms with E-state index in [0.717, 1.165) is 33.6 Å². The fraction of sp³-hybridized carbons (Fsp3) is 0.328. The number of hydrogen-bond donors (Lipinski definition) is 3. The van der Waals surface area contributed by atoms with Crippen molar-refractivity contribution in [1.82, 2.24) is 0 Å². The molecule has 3 N–H and O–H groups in total. The molecule has 15 nitrogen and oxygen atoms in total. The average molecular weight is 1210 g/mol. The van der Waals surface area contributed by atoms with Gasteiger partial charge in [-0.1, -0.05) is 75.0 Å². The van der Waals surface area contributed by atoms with Gasteiger partial charge in [0.2, 0.25) is 0 Å². The van der Waals surface area contributed by atoms with Gasteiger partial charge in [0.05, 0.1) is 10.0 Å². The van der Waals surface area contributed by atoms with Crippen LogP contribution < -0.4 is 42.6 Å². The molecule has 6 aromatic carbocycles. The molecule has 0 radical (unpaired) electrons. The highest BCUT2D eigenvalue weighted by atomic mass is 35.5. The van der Waals surface area contributed by atoms with Crippen LogP contribution in [0.15, 0.2) is 152 Å². The standard InChI is InChI=1S/C24H30O5.C22H25FO5.C21H22Cl2O5/c1-16(2)19-7-9-20(10-8-19)27-14-17(3)15-28-21-11-12-22(18(4)13-21)29-24(5,6)23(25)26;1-14(13-27-18-7-6-15(2)19(23)11-18)12-26-17-8-9-20(16(3)10-17)28-22(4,5)21(24)25;1-13(12-27-16-5-7-17(22)18(23)10-16)11-26-15-6-8-19(14(2)9-15)28-21(3,4)20(24)25/h7-13,16H,3,14-15H2,1-2,4-6H3,(H,25,26);6-11H,1,12-13H2,2-5H3,(H,24,25);5-10H,1,11-12H2,2-4H3,(H,24,25). The van der Waals surface area contributed by atoms with E-state index in [9.17, 15) is 23.9 Å². The van der Waals surface area contributed by atoms with Crippen molar-refractivity contribution in [2.24, 2.45) is 0 Å². The summed E-state index contributed by atoms with van der Waals surface area (Å²) in [5, 5.41) is 28.4. The van der Waals surface area contributed by atoms with Crippen LogP contribution in [0.5, 0.6) is 51.7 Å². The Morgan fingerprint density at radius 2 is 0.706 bits per heavy atom. The van der Waals surface area contributed by atoms with E-state index in [0.29, 0.717) is 86.3 Å². The van der Waals surface area contributed by atoms with Crippen molar-refractivity contribution < 1.29 is 76.7 Å². The summed E-state index contributed by atoms with van der Waals surface area (Å²) >= 11 is 11.8. The largest absolute Gasteiger partial charge is 0.489 e. The number of carbonyl (C=O) groups is 3. The maximum atomic E-state index is 13.5. The molecular weight excluding hydrogens is 1130 g/mol. The van der Waals surface area contributed by atoms with E-state index in [4.69, 9.17) is 76.0 Å². The summed E-state index contributed by atoms with van der Waals surface area (Å²) in [4.78, 5) is 33.6. The normalized spacial score (nSPS) is 11.1. The molecule has 0 unspecified atom stereocenters. The van der Waals surface area contributed by atoms with E-state index in [-0.39, 0.29) is 32.2 Å². The van der Waals surface area contributed by atoms with E-state index in [1.165, 1.54) is 53.2 Å². The van der Waals surface area contributed by atoms with Crippen molar-refractivity contribution in [3.8, 4) is 51.7 Å². The zero-order chi connectivity index (χ0) is 63.4. The predicted molar refractivity (Wildman–Crippen MR) is 329 cm³/mol. The number of carboxylic acid groups (broad SMARTS) is 3. The molecule has 0 aliphatic rings. The first-order chi connectivity index (χ1) is 39.7. The highest BCUT2D eigenvalue weighted by Gasteiger charge is 2.32. The third-order valence-corrected chi connectivity index (χ3v) is 13.1. The average Bonchev–Trinajstić information content (AvgIpc) is 3.56. The molecule has 0 atom stereocenters. The summed E-state index contributed by atoms with van der Waals surface area (Å²) in [6, 6.07) is 33.4. The van der Waals surface area contributed by atoms with E-state index in [1.807, 2.05) is 39.0 Å². The Hall–Kier alpha value is -8.34. The van der Waals surface area contributed by atoms with Gasteiger partial charge < -0.3 is 58.0 Å². The molecule has 18 heteroatoms. The Balaban J connectivity index is 0.000000273. The monoisotopic (exact) mass is 1210 g/mol. The van der Waals surface area contributed by atoms with Crippen molar-refractivity contribution in [1.29, 1.82) is 0 Å². The minimum Gasteiger partial charge on any atom is -0.489 e. The third kappa shape index (κ3) is 23.0. The Labute approximate surface area is 508 Å². The third-order valence-electron chi connectivity index (χ3n) is 12.3. The summed E-state index contributed by atoms with van der Waals surface area (Å²) in [5.74, 6) is 2.24. The molecule has 0 aliphatic carbocycles. The van der Waals surface area contributed by atoms with Crippen molar-refractivity contribution in [2.75, 3.05) is 39.6 Å². The maximum absolute atomic E-state index is 13.5. The van der Waals surface area contributed by atoms with Gasteiger partial charge in [0, 0.05) is 12.1 Å². The van der Waals surface area contributed by atoms with Crippen LogP contribution >= 0.6 is 23.2 Å². The molecule has 0 aromatic heterocycles. The zero-order valence-electron chi connectivity index (χ0n) is 50.3. The van der Waals surface area contributed by atoms with Crippen molar-refractivity contribution in [3.05, 3.63) is 195 Å². The van der Waals surface area contributed by atoms with Gasteiger partial charge in [-0.25, -0.2) is 18.8 Å². The van der Waals surface area contributed by atoms with Gasteiger partial charge in [-0.05, 0) is 205 Å². The quantitative estimate of drug-likeness (QED) is 0.0392. The number of carboxylic acids is 3. The molecule has 0 spiro atoms. The van der Waals surface area contributed by atoms with Gasteiger partial charge >= 0.3 is 17.9 Å². The minimum atomic E-state index is -1.33. The molecule has 6 rings (SSSR count). The van der Waals surface area contributed by atoms with Crippen LogP contribution in [0.2, 0.25) is 10.0 Å². The van der Waals surface area contributed by atoms with Crippen LogP contribution in [0.25, 0.3) is 0 Å². The predicted octanol–water partition coefficient (Wildman–Crippen LogP) is 15.6. The number of benzene rings is 6. The highest BCUT2D eigenvalue weighted by Crippen LogP contribution is 2.31. The lowest BCUT2D eigenvalue weighted by Gasteiger charge is -2.23. The molecule has 0 saturated carbocycles. The van der Waals surface area contributed by atoms with Gasteiger partial charge in [-0.2, -0.15) is 0 Å². The SMILES string of the molecule is C=C(COc1ccc(C(C)C)cc1)COc1ccc(OC(C)(C)C(=O)O)c(C)c1.C=C(COc1ccc(OC(C)(C)C(=O)O)c(C)c1)COc1ccc(C)c(F)c1.C=C(COc1ccc(OC(C)(C)C(=O)O)c(C)c1)COc1ccc(Cl)c(Cl)c1. The summed E-state index contributed by atoms with van der Waals surface area (Å²) in [6.07, 6.45) is 0. The fourth-order valence-corrected chi connectivity index (χ4v) is 7.14. The summed E-state index contributed by atoms with van der Waals surface area (Å²) in [7, 11) is 0. The molecule has 6 aromatic rings. The molecule has 0 bridgehead atoms. The summed E-state index contributed by atoms with van der Waals surface area (Å²) in [5.41, 5.74) is 2.43. The first-order valence-corrected chi connectivity index (χ1v) is 27.7. The lowest BCUT2D eigenvalue weighted by Crippen LogP contribution is -2.38. The van der Waals surface area contributed by atoms with E-state index < -0.39 is 34.7 Å². The van der Waals surface area contributed by atoms with Gasteiger partial charge in [-0.15, -0.1) is 0 Å². The Bertz CT molecular complexity index is 3150. The second kappa shape index (κ2) is 31.5. The van der Waals surface area contributed by atoms with Crippen LogP contribution in [-0.2, 0) is 14.4 Å². The van der Waals surface area contributed by atoms with Crippen LogP contribution in [-0.4, -0.2) is 89.7 Å². The lowest BCUT2D eigenvalue weighted by atomic mass is 10.0. The minimum absolute atomic E-state index is 0.204. The van der Waals surface area contributed by atoms with Crippen molar-refractivity contribution >= 4 is 41.1 Å². The summed E-state index contributed by atoms with van der Waals surface area (Å²) < 4.78 is 64.3. The first kappa shape index (κ1) is 69.2. The number of ether oxygens (including phenoxy) is 9. The van der Waals surface area contributed by atoms with Gasteiger partial charge in [0.25, 0.3) is 0 Å². The number of aliphatic carboxylic acids is 3. The molecule has 0 aliphatic heterocycles. The lowest BCUT2D eigenvalue weighted by molar-refractivity contribution is -0.152. The second-order valence-electron chi connectivity index (χ2n) is 21.7. The number of hydrogen-bond acceptors (Lipinski definition) is 12. The van der Waals surface area contributed by atoms with Crippen LogP contribution in [0.1, 0.15) is 89.1 Å². The molecule has 0 amide bonds. The number of rotatable bonds is 28. The maximum Gasteiger partial charge on any atom is 0.347 e. The smallest absolute Gasteiger partial charge is 0.347 e. The molecular formula is C67H77Cl2FO15. The Kier molecular flexibility index (Phi) is 25.6. The molecule has 0 heterocycles. The van der Waals surface area contributed by atoms with E-state index in [2.05, 4.69) is 45.7 Å². The van der Waals surface area contributed by atoms with E-state index >= 15 is 0 Å².